The Kier molecular flexibility index (Phi) is 5.17. The minimum absolute atomic E-state index is 0.310. The van der Waals surface area contributed by atoms with Crippen LogP contribution in [-0.2, 0) is 17.8 Å². The summed E-state index contributed by atoms with van der Waals surface area (Å²) in [6.45, 7) is 10.5. The number of hydrogen-bond donors (Lipinski definition) is 1. The Morgan fingerprint density at radius 2 is 1.70 bits per heavy atom. The topological polar surface area (TPSA) is 28.0 Å². The zero-order valence-electron chi connectivity index (χ0n) is 16.5. The molecule has 1 unspecified atom stereocenters. The number of piperazine rings is 1. The molecule has 2 aromatic carbocycles. The van der Waals surface area contributed by atoms with Crippen molar-refractivity contribution in [2.45, 2.75) is 26.8 Å². The molecule has 1 saturated heterocycles. The average Bonchev–Trinajstić information content (AvgIpc) is 2.70. The maximum atomic E-state index is 12.8. The minimum Gasteiger partial charge on any atom is -0.368 e. The van der Waals surface area contributed by atoms with Gasteiger partial charge in [0.1, 0.15) is 6.54 Å². The minimum atomic E-state index is 0.310. The standard InChI is InChI=1S/C23H29N3O/c1-18-6-5-9-22(19(18)2)25-12-14-26(15-13-25)23(27)17-24-11-10-20-7-3-4-8-21(20)16-24/h3-9H,10-17H2,1-2H3/p+1. The monoisotopic (exact) mass is 364 g/mol. The van der Waals surface area contributed by atoms with Crippen molar-refractivity contribution in [2.75, 3.05) is 44.2 Å². The number of benzene rings is 2. The quantitative estimate of drug-likeness (QED) is 0.896. The molecular weight excluding hydrogens is 334 g/mol. The Balaban J connectivity index is 1.32. The Labute approximate surface area is 162 Å². The van der Waals surface area contributed by atoms with Crippen LogP contribution in [0.4, 0.5) is 5.69 Å². The summed E-state index contributed by atoms with van der Waals surface area (Å²) < 4.78 is 0. The number of anilines is 1. The maximum Gasteiger partial charge on any atom is 0.277 e. The molecule has 1 N–H and O–H groups in total. The van der Waals surface area contributed by atoms with Crippen LogP contribution >= 0.6 is 0 Å². The van der Waals surface area contributed by atoms with Crippen LogP contribution in [0.3, 0.4) is 0 Å². The van der Waals surface area contributed by atoms with Crippen molar-refractivity contribution in [1.82, 2.24) is 4.90 Å². The highest BCUT2D eigenvalue weighted by Gasteiger charge is 2.27. The second-order valence-corrected chi connectivity index (χ2v) is 7.96. The van der Waals surface area contributed by atoms with E-state index >= 15 is 0 Å². The van der Waals surface area contributed by atoms with Gasteiger partial charge in [-0.15, -0.1) is 0 Å². The van der Waals surface area contributed by atoms with Crippen LogP contribution < -0.4 is 9.80 Å². The molecule has 4 nitrogen and oxygen atoms in total. The van der Waals surface area contributed by atoms with Gasteiger partial charge in [0.25, 0.3) is 5.91 Å². The predicted octanol–water partition coefficient (Wildman–Crippen LogP) is 1.59. The molecular formula is C23H30N3O+. The van der Waals surface area contributed by atoms with Gasteiger partial charge < -0.3 is 14.7 Å². The van der Waals surface area contributed by atoms with Crippen molar-refractivity contribution >= 4 is 11.6 Å². The highest BCUT2D eigenvalue weighted by Crippen LogP contribution is 2.23. The fourth-order valence-electron chi connectivity index (χ4n) is 4.39. The van der Waals surface area contributed by atoms with E-state index in [1.165, 1.54) is 32.8 Å². The molecule has 0 spiro atoms. The second-order valence-electron chi connectivity index (χ2n) is 7.96. The van der Waals surface area contributed by atoms with E-state index in [9.17, 15) is 4.79 Å². The smallest absolute Gasteiger partial charge is 0.277 e. The molecule has 142 valence electrons. The van der Waals surface area contributed by atoms with E-state index in [4.69, 9.17) is 0 Å². The van der Waals surface area contributed by atoms with Gasteiger partial charge >= 0.3 is 0 Å². The number of hydrogen-bond acceptors (Lipinski definition) is 2. The fraction of sp³-hybridized carbons (Fsp3) is 0.435. The van der Waals surface area contributed by atoms with Gasteiger partial charge in [0.05, 0.1) is 6.54 Å². The zero-order chi connectivity index (χ0) is 18.8. The summed E-state index contributed by atoms with van der Waals surface area (Å²) in [5.74, 6) is 0.310. The van der Waals surface area contributed by atoms with Crippen molar-refractivity contribution in [2.24, 2.45) is 0 Å². The van der Waals surface area contributed by atoms with Crippen LogP contribution in [0.15, 0.2) is 42.5 Å². The molecule has 1 fully saturated rings. The second kappa shape index (κ2) is 7.73. The van der Waals surface area contributed by atoms with Gasteiger partial charge in [-0.25, -0.2) is 0 Å². The van der Waals surface area contributed by atoms with Gasteiger partial charge in [-0.1, -0.05) is 36.4 Å². The number of nitrogens with zero attached hydrogens (tertiary/aromatic N) is 2. The molecule has 2 aliphatic rings. The highest BCUT2D eigenvalue weighted by molar-refractivity contribution is 5.77. The summed E-state index contributed by atoms with van der Waals surface area (Å²) in [5, 5.41) is 0. The number of aryl methyl sites for hydroxylation is 1. The van der Waals surface area contributed by atoms with E-state index in [2.05, 4.69) is 66.1 Å². The van der Waals surface area contributed by atoms with Crippen LogP contribution in [0.2, 0.25) is 0 Å². The first-order valence-electron chi connectivity index (χ1n) is 10.1. The third-order valence-electron chi connectivity index (χ3n) is 6.26. The summed E-state index contributed by atoms with van der Waals surface area (Å²) in [7, 11) is 0. The first-order chi connectivity index (χ1) is 13.1. The lowest BCUT2D eigenvalue weighted by Crippen LogP contribution is -3.12. The first-order valence-corrected chi connectivity index (χ1v) is 10.1. The molecule has 0 aliphatic carbocycles. The molecule has 0 radical (unpaired) electrons. The number of rotatable bonds is 3. The van der Waals surface area contributed by atoms with Crippen molar-refractivity contribution < 1.29 is 9.69 Å². The number of quaternary nitrogens is 1. The molecule has 0 aromatic heterocycles. The molecule has 1 atom stereocenters. The third kappa shape index (κ3) is 3.86. The molecule has 2 aromatic rings. The lowest BCUT2D eigenvalue weighted by molar-refractivity contribution is -0.908. The van der Waals surface area contributed by atoms with Crippen LogP contribution in [0.1, 0.15) is 22.3 Å². The zero-order valence-corrected chi connectivity index (χ0v) is 16.5. The van der Waals surface area contributed by atoms with Crippen molar-refractivity contribution in [1.29, 1.82) is 0 Å². The van der Waals surface area contributed by atoms with E-state index < -0.39 is 0 Å². The number of nitrogens with one attached hydrogen (secondary N) is 1. The molecule has 0 saturated carbocycles. The summed E-state index contributed by atoms with van der Waals surface area (Å²) >= 11 is 0. The van der Waals surface area contributed by atoms with Gasteiger partial charge in [-0.3, -0.25) is 4.79 Å². The maximum absolute atomic E-state index is 12.8. The number of amides is 1. The Hall–Kier alpha value is -2.33. The number of fused-ring (bicyclic) bond motifs is 1. The summed E-state index contributed by atoms with van der Waals surface area (Å²) in [6, 6.07) is 15.2. The summed E-state index contributed by atoms with van der Waals surface area (Å²) in [4.78, 5) is 18.7. The molecule has 2 aliphatic heterocycles. The normalized spacial score (nSPS) is 19.7. The van der Waals surface area contributed by atoms with Crippen molar-refractivity contribution in [3.05, 3.63) is 64.7 Å². The SMILES string of the molecule is Cc1cccc(N2CCN(C(=O)C[NH+]3CCc4ccccc4C3)CC2)c1C. The number of carbonyl (C=O) groups is 1. The Morgan fingerprint density at radius 1 is 0.963 bits per heavy atom. The van der Waals surface area contributed by atoms with Gasteiger partial charge in [0.2, 0.25) is 0 Å². The van der Waals surface area contributed by atoms with E-state index in [1.54, 1.807) is 0 Å². The van der Waals surface area contributed by atoms with Crippen molar-refractivity contribution in [3.63, 3.8) is 0 Å². The Morgan fingerprint density at radius 3 is 2.48 bits per heavy atom. The van der Waals surface area contributed by atoms with Gasteiger partial charge in [0, 0.05) is 43.9 Å². The lowest BCUT2D eigenvalue weighted by atomic mass is 10.00. The molecule has 0 bridgehead atoms. The molecule has 1 amide bonds. The molecule has 4 rings (SSSR count). The lowest BCUT2D eigenvalue weighted by Gasteiger charge is -2.37. The number of carbonyl (C=O) groups excluding carboxylic acids is 1. The summed E-state index contributed by atoms with van der Waals surface area (Å²) in [5.41, 5.74) is 6.87. The Bertz CT molecular complexity index is 824. The van der Waals surface area contributed by atoms with Gasteiger partial charge in [0.15, 0.2) is 6.54 Å². The van der Waals surface area contributed by atoms with E-state index in [0.717, 1.165) is 45.7 Å². The van der Waals surface area contributed by atoms with Crippen LogP contribution in [0, 0.1) is 13.8 Å². The van der Waals surface area contributed by atoms with Gasteiger partial charge in [-0.05, 0) is 36.6 Å². The molecule has 4 heteroatoms. The van der Waals surface area contributed by atoms with E-state index in [0.29, 0.717) is 12.5 Å². The van der Waals surface area contributed by atoms with Crippen molar-refractivity contribution in [3.8, 4) is 0 Å². The van der Waals surface area contributed by atoms with E-state index in [-0.39, 0.29) is 0 Å². The van der Waals surface area contributed by atoms with Gasteiger partial charge in [-0.2, -0.15) is 0 Å². The fourth-order valence-corrected chi connectivity index (χ4v) is 4.39. The molecule has 27 heavy (non-hydrogen) atoms. The van der Waals surface area contributed by atoms with Crippen LogP contribution in [0.25, 0.3) is 0 Å². The third-order valence-corrected chi connectivity index (χ3v) is 6.26. The van der Waals surface area contributed by atoms with E-state index in [1.807, 2.05) is 0 Å². The predicted molar refractivity (Wildman–Crippen MR) is 109 cm³/mol. The molecule has 2 heterocycles. The average molecular weight is 365 g/mol. The summed E-state index contributed by atoms with van der Waals surface area (Å²) in [6.07, 6.45) is 1.08. The van der Waals surface area contributed by atoms with Crippen LogP contribution in [-0.4, -0.2) is 50.1 Å². The van der Waals surface area contributed by atoms with Crippen LogP contribution in [0.5, 0.6) is 0 Å². The first kappa shape index (κ1) is 18.1. The largest absolute Gasteiger partial charge is 0.368 e. The highest BCUT2D eigenvalue weighted by atomic mass is 16.2.